The first-order chi connectivity index (χ1) is 6.65. The second kappa shape index (κ2) is 5.13. The van der Waals surface area contributed by atoms with Gasteiger partial charge in [-0.05, 0) is 30.0 Å². The molecule has 0 amide bonds. The van der Waals surface area contributed by atoms with E-state index in [1.54, 1.807) is 0 Å². The SMILES string of the molecule is CC(C)c1cccc([C@@H](N)CCN)c1. The van der Waals surface area contributed by atoms with Crippen LogP contribution in [0.4, 0.5) is 0 Å². The van der Waals surface area contributed by atoms with Crippen LogP contribution in [0.25, 0.3) is 0 Å². The summed E-state index contributed by atoms with van der Waals surface area (Å²) in [6.07, 6.45) is 0.849. The highest BCUT2D eigenvalue weighted by molar-refractivity contribution is 5.27. The van der Waals surface area contributed by atoms with Crippen LogP contribution in [0.5, 0.6) is 0 Å². The Labute approximate surface area is 86.3 Å². The molecule has 2 nitrogen and oxygen atoms in total. The third kappa shape index (κ3) is 2.82. The molecule has 0 aliphatic rings. The first kappa shape index (κ1) is 11.2. The first-order valence-electron chi connectivity index (χ1n) is 5.20. The van der Waals surface area contributed by atoms with Crippen molar-refractivity contribution in [2.24, 2.45) is 11.5 Å². The van der Waals surface area contributed by atoms with E-state index in [9.17, 15) is 0 Å². The molecule has 0 fully saturated rings. The molecule has 0 saturated heterocycles. The van der Waals surface area contributed by atoms with Crippen molar-refractivity contribution in [1.29, 1.82) is 0 Å². The summed E-state index contributed by atoms with van der Waals surface area (Å²) in [5.41, 5.74) is 14.0. The molecule has 1 atom stereocenters. The number of benzene rings is 1. The summed E-state index contributed by atoms with van der Waals surface area (Å²) in [7, 11) is 0. The van der Waals surface area contributed by atoms with Crippen molar-refractivity contribution < 1.29 is 0 Å². The Hall–Kier alpha value is -0.860. The lowest BCUT2D eigenvalue weighted by atomic mass is 9.97. The highest BCUT2D eigenvalue weighted by Crippen LogP contribution is 2.20. The fourth-order valence-electron chi connectivity index (χ4n) is 1.49. The minimum atomic E-state index is 0.0821. The first-order valence-corrected chi connectivity index (χ1v) is 5.20. The molecule has 0 spiro atoms. The van der Waals surface area contributed by atoms with Crippen LogP contribution in [0.15, 0.2) is 24.3 Å². The summed E-state index contributed by atoms with van der Waals surface area (Å²) in [5.74, 6) is 0.556. The molecule has 1 aromatic carbocycles. The Morgan fingerprint density at radius 2 is 1.86 bits per heavy atom. The third-order valence-corrected chi connectivity index (χ3v) is 2.48. The minimum Gasteiger partial charge on any atom is -0.330 e. The third-order valence-electron chi connectivity index (χ3n) is 2.48. The lowest BCUT2D eigenvalue weighted by molar-refractivity contribution is 0.659. The molecule has 0 aromatic heterocycles. The lowest BCUT2D eigenvalue weighted by Gasteiger charge is -2.13. The molecule has 0 saturated carbocycles. The van der Waals surface area contributed by atoms with Crippen LogP contribution in [-0.4, -0.2) is 6.54 Å². The maximum absolute atomic E-state index is 5.99. The van der Waals surface area contributed by atoms with Gasteiger partial charge in [0.15, 0.2) is 0 Å². The zero-order chi connectivity index (χ0) is 10.6. The maximum Gasteiger partial charge on any atom is 0.0307 e. The van der Waals surface area contributed by atoms with Crippen LogP contribution in [-0.2, 0) is 0 Å². The van der Waals surface area contributed by atoms with Gasteiger partial charge in [0.2, 0.25) is 0 Å². The molecule has 0 aliphatic carbocycles. The van der Waals surface area contributed by atoms with Crippen molar-refractivity contribution in [2.75, 3.05) is 6.54 Å². The van der Waals surface area contributed by atoms with Crippen molar-refractivity contribution in [1.82, 2.24) is 0 Å². The van der Waals surface area contributed by atoms with E-state index < -0.39 is 0 Å². The van der Waals surface area contributed by atoms with E-state index in [-0.39, 0.29) is 6.04 Å². The molecule has 14 heavy (non-hydrogen) atoms. The number of nitrogens with two attached hydrogens (primary N) is 2. The van der Waals surface area contributed by atoms with Crippen LogP contribution in [0.3, 0.4) is 0 Å². The highest BCUT2D eigenvalue weighted by atomic mass is 14.7. The van der Waals surface area contributed by atoms with Gasteiger partial charge in [-0.25, -0.2) is 0 Å². The van der Waals surface area contributed by atoms with E-state index in [4.69, 9.17) is 11.5 Å². The number of rotatable bonds is 4. The van der Waals surface area contributed by atoms with Crippen molar-refractivity contribution >= 4 is 0 Å². The molecule has 0 aliphatic heterocycles. The van der Waals surface area contributed by atoms with Gasteiger partial charge >= 0.3 is 0 Å². The Bertz CT molecular complexity index is 281. The van der Waals surface area contributed by atoms with E-state index in [1.807, 2.05) is 0 Å². The Balaban J connectivity index is 2.82. The molecule has 0 bridgehead atoms. The van der Waals surface area contributed by atoms with Gasteiger partial charge in [-0.15, -0.1) is 0 Å². The molecule has 1 rings (SSSR count). The second-order valence-electron chi connectivity index (χ2n) is 4.01. The average molecular weight is 192 g/mol. The lowest BCUT2D eigenvalue weighted by Crippen LogP contribution is -2.15. The predicted octanol–water partition coefficient (Wildman–Crippen LogP) is 2.16. The smallest absolute Gasteiger partial charge is 0.0307 e. The molecule has 0 heterocycles. The quantitative estimate of drug-likeness (QED) is 0.768. The van der Waals surface area contributed by atoms with E-state index in [0.717, 1.165) is 6.42 Å². The summed E-state index contributed by atoms with van der Waals surface area (Å²) in [4.78, 5) is 0. The standard InChI is InChI=1S/C12H20N2/c1-9(2)10-4-3-5-11(8-10)12(14)6-7-13/h3-5,8-9,12H,6-7,13-14H2,1-2H3/t12-/m0/s1. The maximum atomic E-state index is 5.99. The van der Waals surface area contributed by atoms with Crippen molar-refractivity contribution in [2.45, 2.75) is 32.2 Å². The van der Waals surface area contributed by atoms with Gasteiger partial charge in [-0.2, -0.15) is 0 Å². The largest absolute Gasteiger partial charge is 0.330 e. The average Bonchev–Trinajstić information content (AvgIpc) is 2.18. The van der Waals surface area contributed by atoms with Crippen LogP contribution >= 0.6 is 0 Å². The molecule has 1 aromatic rings. The van der Waals surface area contributed by atoms with Crippen molar-refractivity contribution in [3.05, 3.63) is 35.4 Å². The summed E-state index contributed by atoms with van der Waals surface area (Å²) in [5, 5.41) is 0. The molecule has 4 N–H and O–H groups in total. The van der Waals surface area contributed by atoms with Gasteiger partial charge in [-0.3, -0.25) is 0 Å². The summed E-state index contributed by atoms with van der Waals surface area (Å²) in [6, 6.07) is 8.56. The summed E-state index contributed by atoms with van der Waals surface area (Å²) < 4.78 is 0. The van der Waals surface area contributed by atoms with Gasteiger partial charge in [0, 0.05) is 6.04 Å². The molecular formula is C12H20N2. The fourth-order valence-corrected chi connectivity index (χ4v) is 1.49. The Morgan fingerprint density at radius 1 is 1.21 bits per heavy atom. The van der Waals surface area contributed by atoms with Crippen molar-refractivity contribution in [3.63, 3.8) is 0 Å². The topological polar surface area (TPSA) is 52.0 Å². The monoisotopic (exact) mass is 192 g/mol. The van der Waals surface area contributed by atoms with Crippen LogP contribution in [0, 0.1) is 0 Å². The predicted molar refractivity (Wildman–Crippen MR) is 61.1 cm³/mol. The summed E-state index contributed by atoms with van der Waals surface area (Å²) in [6.45, 7) is 5.02. The molecular weight excluding hydrogens is 172 g/mol. The van der Waals surface area contributed by atoms with Gasteiger partial charge in [0.25, 0.3) is 0 Å². The van der Waals surface area contributed by atoms with E-state index in [1.165, 1.54) is 11.1 Å². The van der Waals surface area contributed by atoms with Crippen LogP contribution in [0.2, 0.25) is 0 Å². The number of hydrogen-bond donors (Lipinski definition) is 2. The molecule has 0 unspecified atom stereocenters. The Kier molecular flexibility index (Phi) is 4.11. The highest BCUT2D eigenvalue weighted by Gasteiger charge is 2.06. The van der Waals surface area contributed by atoms with Gasteiger partial charge < -0.3 is 11.5 Å². The second-order valence-corrected chi connectivity index (χ2v) is 4.01. The molecule has 2 heteroatoms. The van der Waals surface area contributed by atoms with E-state index in [0.29, 0.717) is 12.5 Å². The summed E-state index contributed by atoms with van der Waals surface area (Å²) >= 11 is 0. The molecule has 78 valence electrons. The van der Waals surface area contributed by atoms with E-state index >= 15 is 0 Å². The molecule has 0 radical (unpaired) electrons. The zero-order valence-electron chi connectivity index (χ0n) is 9.03. The number of hydrogen-bond acceptors (Lipinski definition) is 2. The van der Waals surface area contributed by atoms with Gasteiger partial charge in [0.05, 0.1) is 0 Å². The van der Waals surface area contributed by atoms with Crippen LogP contribution < -0.4 is 11.5 Å². The van der Waals surface area contributed by atoms with Crippen LogP contribution in [0.1, 0.15) is 43.4 Å². The Morgan fingerprint density at radius 3 is 2.43 bits per heavy atom. The normalized spacial score (nSPS) is 13.2. The van der Waals surface area contributed by atoms with Crippen molar-refractivity contribution in [3.8, 4) is 0 Å². The van der Waals surface area contributed by atoms with Gasteiger partial charge in [0.1, 0.15) is 0 Å². The van der Waals surface area contributed by atoms with Gasteiger partial charge in [-0.1, -0.05) is 38.1 Å². The zero-order valence-corrected chi connectivity index (χ0v) is 9.03. The fraction of sp³-hybridized carbons (Fsp3) is 0.500. The minimum absolute atomic E-state index is 0.0821. The van der Waals surface area contributed by atoms with E-state index in [2.05, 4.69) is 38.1 Å².